The number of nitrogens with one attached hydrogen (secondary N) is 2. The van der Waals surface area contributed by atoms with Gasteiger partial charge in [0.1, 0.15) is 11.5 Å². The molecule has 8 atom stereocenters. The lowest BCUT2D eigenvalue weighted by Crippen LogP contribution is -2.43. The van der Waals surface area contributed by atoms with Crippen LogP contribution >= 0.6 is 0 Å². The zero-order chi connectivity index (χ0) is 54.0. The van der Waals surface area contributed by atoms with Gasteiger partial charge in [-0.1, -0.05) is 6.07 Å². The molecule has 16 nitrogen and oxygen atoms in total. The summed E-state index contributed by atoms with van der Waals surface area (Å²) in [5, 5.41) is 14.4. The number of anilines is 4. The molecule has 0 saturated carbocycles. The first-order valence-electron chi connectivity index (χ1n) is 23.8. The minimum absolute atomic E-state index is 0.179. The first-order valence-corrected chi connectivity index (χ1v) is 23.8. The number of benzene rings is 4. The Morgan fingerprint density at radius 2 is 1.21 bits per heavy atom. The maximum absolute atomic E-state index is 13.6. The van der Waals surface area contributed by atoms with Crippen molar-refractivity contribution in [2.75, 3.05) is 33.6 Å². The molecular weight excluding hydrogens is 995 g/mol. The second-order valence-corrected chi connectivity index (χ2v) is 19.5. The van der Waals surface area contributed by atoms with Gasteiger partial charge in [0, 0.05) is 43.8 Å². The van der Waals surface area contributed by atoms with Gasteiger partial charge in [-0.05, 0) is 111 Å². The molecule has 4 unspecified atom stereocenters. The third-order valence-electron chi connectivity index (χ3n) is 14.9. The van der Waals surface area contributed by atoms with E-state index in [0.29, 0.717) is 73.5 Å². The maximum Gasteiger partial charge on any atom is 0.417 e. The molecule has 0 aliphatic carbocycles. The molecule has 6 aliphatic heterocycles. The number of fused-ring (bicyclic) bond motifs is 10. The number of nitrogens with zero attached hydrogens (tertiary/aromatic N) is 4. The summed E-state index contributed by atoms with van der Waals surface area (Å²) in [5.41, 5.74) is -5.62. The number of carbonyl (C=O) groups is 6. The SMILES string of the molecule is CC(=O)Nc1ccc(OCCC23CCC(O2)[C@@H]2C(=O)N(c4ccc(C#N)c(C(F)(F)F)c4)C(=O)[C@@H]23)cc1.[C-]#[N+]c1ccc(N2C(=O)[C@@H]3[C@H](C2=O)C2(C)CCC3(CCOc3ccc(NC(C)=O)cc3)O2)cc1C(F)(F)F. The van der Waals surface area contributed by atoms with Crippen LogP contribution in [0.15, 0.2) is 84.9 Å². The lowest BCUT2D eigenvalue weighted by atomic mass is 9.67. The quantitative estimate of drug-likeness (QED) is 0.0780. The van der Waals surface area contributed by atoms with Crippen LogP contribution in [0.5, 0.6) is 11.5 Å². The number of carbonyl (C=O) groups excluding carboxylic acids is 6. The average molecular weight is 1040 g/mol. The molecule has 75 heavy (non-hydrogen) atoms. The smallest absolute Gasteiger partial charge is 0.417 e. The van der Waals surface area contributed by atoms with Gasteiger partial charge in [-0.25, -0.2) is 14.6 Å². The highest BCUT2D eigenvalue weighted by atomic mass is 19.4. The van der Waals surface area contributed by atoms with E-state index >= 15 is 0 Å². The molecule has 6 aliphatic rings. The van der Waals surface area contributed by atoms with Crippen molar-refractivity contribution < 1.29 is 74.1 Å². The van der Waals surface area contributed by atoms with Crippen LogP contribution in [0.1, 0.15) is 76.0 Å². The number of alkyl halides is 6. The Morgan fingerprint density at radius 1 is 0.707 bits per heavy atom. The molecule has 4 aromatic rings. The standard InChI is InChI=1S/C27H24F3N3O5.C26H22F3N3O5/c1-15(34)32-16-4-7-18(8-5-16)37-13-12-26-11-10-25(2,38-26)21-22(26)24(36)33(23(21)35)17-6-9-20(31-3)19(14-17)27(28,29)30;1-14(33)31-16-3-6-18(7-4-16)36-11-10-25-9-8-20(37-25)21-22(25)24(35)32(23(21)34)17-5-2-15(13-30)19(12-17)26(27,28)29/h4-9,14,21-22H,10-13H2,1-2H3,(H,32,34);2-7,12,20-22H,8-11H2,1H3,(H,31,33)/t21-,22+,25?,26?;20?,21-,22+,25?/m10/s1. The van der Waals surface area contributed by atoms with Crippen LogP contribution in [0.2, 0.25) is 0 Å². The molecule has 2 N–H and O–H groups in total. The molecule has 4 bridgehead atoms. The van der Waals surface area contributed by atoms with Crippen LogP contribution in [-0.4, -0.2) is 71.6 Å². The minimum atomic E-state index is -4.82. The molecule has 22 heteroatoms. The predicted octanol–water partition coefficient (Wildman–Crippen LogP) is 9.15. The molecule has 0 spiro atoms. The van der Waals surface area contributed by atoms with Crippen LogP contribution in [0.3, 0.4) is 0 Å². The summed E-state index contributed by atoms with van der Waals surface area (Å²) in [6.07, 6.45) is -7.40. The Kier molecular flexibility index (Phi) is 13.3. The first-order chi connectivity index (χ1) is 35.4. The third kappa shape index (κ3) is 9.41. The highest BCUT2D eigenvalue weighted by Crippen LogP contribution is 2.63. The Morgan fingerprint density at radius 3 is 1.75 bits per heavy atom. The fourth-order valence-corrected chi connectivity index (χ4v) is 11.7. The van der Waals surface area contributed by atoms with Gasteiger partial charge < -0.3 is 29.6 Å². The van der Waals surface area contributed by atoms with Gasteiger partial charge in [0.15, 0.2) is 5.69 Å². The van der Waals surface area contributed by atoms with E-state index in [2.05, 4.69) is 15.5 Å². The molecule has 6 fully saturated rings. The Bertz CT molecular complexity index is 3100. The van der Waals surface area contributed by atoms with Crippen molar-refractivity contribution in [3.8, 4) is 17.6 Å². The Balaban J connectivity index is 0.000000184. The highest BCUT2D eigenvalue weighted by Gasteiger charge is 2.74. The van der Waals surface area contributed by atoms with E-state index in [-0.39, 0.29) is 36.4 Å². The van der Waals surface area contributed by atoms with E-state index in [9.17, 15) is 55.1 Å². The van der Waals surface area contributed by atoms with Crippen molar-refractivity contribution in [2.24, 2.45) is 23.7 Å². The van der Waals surface area contributed by atoms with Gasteiger partial charge in [0.2, 0.25) is 35.4 Å². The van der Waals surface area contributed by atoms with Crippen molar-refractivity contribution >= 4 is 63.9 Å². The Labute approximate surface area is 424 Å². The Hall–Kier alpha value is -7.82. The lowest BCUT2D eigenvalue weighted by molar-refractivity contribution is -0.138. The van der Waals surface area contributed by atoms with Gasteiger partial charge in [-0.15, -0.1) is 0 Å². The monoisotopic (exact) mass is 1040 g/mol. The van der Waals surface area contributed by atoms with E-state index < -0.39 is 105 Å². The number of halogens is 6. The number of imide groups is 2. The van der Waals surface area contributed by atoms with Crippen molar-refractivity contribution in [2.45, 2.75) is 94.6 Å². The molecule has 0 aromatic heterocycles. The van der Waals surface area contributed by atoms with Gasteiger partial charge in [-0.3, -0.25) is 28.8 Å². The van der Waals surface area contributed by atoms with E-state index in [1.165, 1.54) is 32.0 Å². The van der Waals surface area contributed by atoms with Gasteiger partial charge >= 0.3 is 12.4 Å². The summed E-state index contributed by atoms with van der Waals surface area (Å²) in [6.45, 7) is 12.0. The second-order valence-electron chi connectivity index (χ2n) is 19.5. The molecule has 0 radical (unpaired) electrons. The van der Waals surface area contributed by atoms with Gasteiger partial charge in [0.25, 0.3) is 0 Å². The first kappa shape index (κ1) is 52.1. The molecule has 6 saturated heterocycles. The van der Waals surface area contributed by atoms with Gasteiger partial charge in [-0.2, -0.15) is 31.6 Å². The van der Waals surface area contributed by atoms with Crippen molar-refractivity contribution in [3.05, 3.63) is 113 Å². The fraction of sp³-hybridized carbons (Fsp3) is 0.396. The maximum atomic E-state index is 13.6. The number of nitriles is 1. The molecule has 390 valence electrons. The zero-order valence-electron chi connectivity index (χ0n) is 40.3. The highest BCUT2D eigenvalue weighted by molar-refractivity contribution is 6.24. The molecule has 6 amide bonds. The number of amides is 6. The van der Waals surface area contributed by atoms with Gasteiger partial charge in [0.05, 0.1) is 94.8 Å². The number of hydrogen-bond acceptors (Lipinski definition) is 11. The normalized spacial score (nSPS) is 27.1. The molecule has 4 aromatic carbocycles. The summed E-state index contributed by atoms with van der Waals surface area (Å²) in [7, 11) is 0. The van der Waals surface area contributed by atoms with E-state index in [0.717, 1.165) is 21.9 Å². The van der Waals surface area contributed by atoms with Crippen LogP contribution in [0.4, 0.5) is 54.8 Å². The average Bonchev–Trinajstić information content (AvgIpc) is 4.34. The van der Waals surface area contributed by atoms with Crippen LogP contribution in [-0.2, 0) is 50.6 Å². The fourth-order valence-electron chi connectivity index (χ4n) is 11.7. The summed E-state index contributed by atoms with van der Waals surface area (Å²) >= 11 is 0. The van der Waals surface area contributed by atoms with Crippen LogP contribution < -0.4 is 29.9 Å². The topological polar surface area (TPSA) is 198 Å². The molecule has 6 heterocycles. The molecular formula is C53H46F6N6O10. The zero-order valence-corrected chi connectivity index (χ0v) is 40.3. The van der Waals surface area contributed by atoms with Crippen molar-refractivity contribution in [1.29, 1.82) is 5.26 Å². The second kappa shape index (κ2) is 19.1. The van der Waals surface area contributed by atoms with E-state index in [4.69, 9.17) is 30.8 Å². The molecule has 10 rings (SSSR count). The number of hydrogen-bond donors (Lipinski definition) is 2. The number of rotatable bonds is 12. The van der Waals surface area contributed by atoms with E-state index in [1.54, 1.807) is 55.5 Å². The summed E-state index contributed by atoms with van der Waals surface area (Å²) < 4.78 is 105. The number of ether oxygens (including phenoxy) is 4. The summed E-state index contributed by atoms with van der Waals surface area (Å²) in [4.78, 5) is 80.7. The summed E-state index contributed by atoms with van der Waals surface area (Å²) in [6, 6.07) is 20.7. The lowest BCUT2D eigenvalue weighted by Gasteiger charge is -2.31. The van der Waals surface area contributed by atoms with Crippen molar-refractivity contribution in [1.82, 2.24) is 0 Å². The van der Waals surface area contributed by atoms with Crippen molar-refractivity contribution in [3.63, 3.8) is 0 Å². The largest absolute Gasteiger partial charge is 0.493 e. The van der Waals surface area contributed by atoms with E-state index in [1.807, 2.05) is 0 Å². The van der Waals surface area contributed by atoms with Crippen LogP contribution in [0.25, 0.3) is 4.85 Å². The minimum Gasteiger partial charge on any atom is -0.493 e. The van der Waals surface area contributed by atoms with Crippen LogP contribution in [0, 0.1) is 41.6 Å². The summed E-state index contributed by atoms with van der Waals surface area (Å²) in [5.74, 6) is -4.97. The predicted molar refractivity (Wildman–Crippen MR) is 253 cm³/mol. The third-order valence-corrected chi connectivity index (χ3v) is 14.9.